The van der Waals surface area contributed by atoms with E-state index in [9.17, 15) is 9.90 Å². The Morgan fingerprint density at radius 2 is 2.00 bits per heavy atom. The van der Waals surface area contributed by atoms with Gasteiger partial charge in [0.05, 0.1) is 6.23 Å². The van der Waals surface area contributed by atoms with Crippen LogP contribution in [0.4, 0.5) is 0 Å². The zero-order valence-corrected chi connectivity index (χ0v) is 10.1. The lowest BCUT2D eigenvalue weighted by Crippen LogP contribution is -2.53. The number of aliphatic hydroxyl groups is 1. The summed E-state index contributed by atoms with van der Waals surface area (Å²) < 4.78 is 5.02. The van der Waals surface area contributed by atoms with E-state index in [4.69, 9.17) is 4.74 Å². The monoisotopic (exact) mass is 224 g/mol. The maximum absolute atomic E-state index is 10.8. The Labute approximate surface area is 90.7 Å². The predicted molar refractivity (Wildman–Crippen MR) is 61.4 cm³/mol. The van der Waals surface area contributed by atoms with Crippen molar-refractivity contribution in [2.75, 3.05) is 12.5 Å². The van der Waals surface area contributed by atoms with Gasteiger partial charge in [0.15, 0.2) is 8.07 Å². The first-order chi connectivity index (χ1) is 7.08. The first-order valence-electron chi connectivity index (χ1n) is 4.88. The molecule has 0 fully saturated rings. The maximum Gasteiger partial charge on any atom is 0.302 e. The van der Waals surface area contributed by atoms with Gasteiger partial charge in [-0.25, -0.2) is 0 Å². The highest BCUT2D eigenvalue weighted by atomic mass is 28.3. The van der Waals surface area contributed by atoms with Gasteiger partial charge in [0.25, 0.3) is 0 Å². The highest BCUT2D eigenvalue weighted by Crippen LogP contribution is 2.04. The zero-order chi connectivity index (χ0) is 11.3. The Bertz CT molecular complexity index is 326. The van der Waals surface area contributed by atoms with Crippen LogP contribution >= 0.6 is 0 Å². The Balaban J connectivity index is 2.80. The molecular formula is C11H16O3Si. The molecular weight excluding hydrogens is 208 g/mol. The summed E-state index contributed by atoms with van der Waals surface area (Å²) in [5.74, 6) is -0.293. The third kappa shape index (κ3) is 3.18. The van der Waals surface area contributed by atoms with Crippen molar-refractivity contribution in [2.24, 2.45) is 0 Å². The Hall–Kier alpha value is -1.13. The fraction of sp³-hybridized carbons (Fsp3) is 0.364. The Kier molecular flexibility index (Phi) is 4.05. The molecule has 4 heteroatoms. The van der Waals surface area contributed by atoms with E-state index in [1.165, 1.54) is 6.92 Å². The molecule has 1 unspecified atom stereocenters. The summed E-state index contributed by atoms with van der Waals surface area (Å²) in [6.07, 6.45) is 0.424. The van der Waals surface area contributed by atoms with E-state index in [0.717, 1.165) is 5.19 Å². The summed E-state index contributed by atoms with van der Waals surface area (Å²) >= 11 is 0. The lowest BCUT2D eigenvalue weighted by atomic mass is 10.4. The number of esters is 1. The minimum atomic E-state index is -2.05. The van der Waals surface area contributed by atoms with Crippen molar-refractivity contribution in [3.8, 4) is 0 Å². The van der Waals surface area contributed by atoms with Gasteiger partial charge >= 0.3 is 5.97 Å². The Morgan fingerprint density at radius 3 is 2.47 bits per heavy atom. The molecule has 1 rings (SSSR count). The van der Waals surface area contributed by atoms with Gasteiger partial charge in [-0.2, -0.15) is 0 Å². The van der Waals surface area contributed by atoms with Crippen molar-refractivity contribution in [1.82, 2.24) is 0 Å². The topological polar surface area (TPSA) is 46.5 Å². The number of carbonyl (C=O) groups is 1. The quantitative estimate of drug-likeness (QED) is 0.602. The zero-order valence-electron chi connectivity index (χ0n) is 9.06. The first kappa shape index (κ1) is 11.9. The largest absolute Gasteiger partial charge is 0.469 e. The molecule has 3 nitrogen and oxygen atoms in total. The SMILES string of the molecule is CC(=O)OC[Si](C)(CO)c1ccccc1. The van der Waals surface area contributed by atoms with Gasteiger partial charge in [-0.3, -0.25) is 4.79 Å². The highest BCUT2D eigenvalue weighted by Gasteiger charge is 2.30. The van der Waals surface area contributed by atoms with Crippen LogP contribution in [0.15, 0.2) is 30.3 Å². The van der Waals surface area contributed by atoms with Gasteiger partial charge in [0.1, 0.15) is 0 Å². The van der Waals surface area contributed by atoms with Gasteiger partial charge in [-0.05, 0) is 0 Å². The van der Waals surface area contributed by atoms with Gasteiger partial charge in [-0.15, -0.1) is 0 Å². The number of carbonyl (C=O) groups excluding carboxylic acids is 1. The van der Waals surface area contributed by atoms with E-state index in [-0.39, 0.29) is 12.2 Å². The molecule has 0 saturated heterocycles. The standard InChI is InChI=1S/C11H16O3Si/c1-10(13)14-9-15(2,8-12)11-6-4-3-5-7-11/h3-7,12H,8-9H2,1-2H3. The molecule has 0 aliphatic rings. The van der Waals surface area contributed by atoms with Crippen LogP contribution in [0.3, 0.4) is 0 Å². The van der Waals surface area contributed by atoms with Crippen LogP contribution in [-0.4, -0.2) is 31.6 Å². The van der Waals surface area contributed by atoms with Crippen molar-refractivity contribution < 1.29 is 14.6 Å². The molecule has 0 heterocycles. The van der Waals surface area contributed by atoms with Crippen LogP contribution in [-0.2, 0) is 9.53 Å². The molecule has 82 valence electrons. The molecule has 1 N–H and O–H groups in total. The molecule has 0 aromatic heterocycles. The minimum absolute atomic E-state index is 0.0876. The van der Waals surface area contributed by atoms with Gasteiger partial charge in [0.2, 0.25) is 0 Å². The average Bonchev–Trinajstić information content (AvgIpc) is 2.27. The molecule has 0 radical (unpaired) electrons. The van der Waals surface area contributed by atoms with Crippen LogP contribution < -0.4 is 5.19 Å². The number of hydrogen-bond donors (Lipinski definition) is 1. The smallest absolute Gasteiger partial charge is 0.302 e. The summed E-state index contributed by atoms with van der Waals surface area (Å²) in [4.78, 5) is 10.8. The molecule has 15 heavy (non-hydrogen) atoms. The van der Waals surface area contributed by atoms with Crippen LogP contribution in [0.2, 0.25) is 6.55 Å². The molecule has 0 aliphatic carbocycles. The van der Waals surface area contributed by atoms with E-state index < -0.39 is 8.07 Å². The van der Waals surface area contributed by atoms with E-state index in [1.54, 1.807) is 0 Å². The van der Waals surface area contributed by atoms with Gasteiger partial charge < -0.3 is 9.84 Å². The fourth-order valence-corrected chi connectivity index (χ4v) is 3.28. The fourth-order valence-electron chi connectivity index (χ4n) is 1.32. The second-order valence-corrected chi connectivity index (χ2v) is 8.17. The summed E-state index contributed by atoms with van der Waals surface area (Å²) in [7, 11) is -2.05. The molecule has 1 aromatic rings. The van der Waals surface area contributed by atoms with Crippen LogP contribution in [0.1, 0.15) is 6.92 Å². The van der Waals surface area contributed by atoms with Crippen molar-refractivity contribution in [3.63, 3.8) is 0 Å². The third-order valence-corrected chi connectivity index (χ3v) is 5.62. The number of benzene rings is 1. The molecule has 0 saturated carbocycles. The molecule has 1 atom stereocenters. The predicted octanol–water partition coefficient (Wildman–Crippen LogP) is 0.606. The number of hydrogen-bond acceptors (Lipinski definition) is 3. The number of rotatable bonds is 4. The lowest BCUT2D eigenvalue weighted by Gasteiger charge is -2.24. The van der Waals surface area contributed by atoms with Crippen LogP contribution in [0.5, 0.6) is 0 Å². The van der Waals surface area contributed by atoms with Gasteiger partial charge in [-0.1, -0.05) is 42.1 Å². The maximum atomic E-state index is 10.8. The van der Waals surface area contributed by atoms with Crippen molar-refractivity contribution in [1.29, 1.82) is 0 Å². The highest BCUT2D eigenvalue weighted by molar-refractivity contribution is 6.90. The van der Waals surface area contributed by atoms with E-state index in [0.29, 0.717) is 6.23 Å². The molecule has 1 aromatic carbocycles. The number of aliphatic hydroxyl groups excluding tert-OH is 1. The second-order valence-electron chi connectivity index (χ2n) is 3.87. The normalized spacial score (nSPS) is 14.3. The van der Waals surface area contributed by atoms with E-state index in [2.05, 4.69) is 0 Å². The molecule has 0 amide bonds. The second kappa shape index (κ2) is 5.09. The van der Waals surface area contributed by atoms with Gasteiger partial charge in [0, 0.05) is 13.2 Å². The summed E-state index contributed by atoms with van der Waals surface area (Å²) in [5.41, 5.74) is 0. The van der Waals surface area contributed by atoms with Crippen molar-refractivity contribution >= 4 is 19.2 Å². The Morgan fingerprint density at radius 1 is 1.40 bits per heavy atom. The summed E-state index contributed by atoms with van der Waals surface area (Å²) in [5, 5.41) is 10.5. The molecule has 0 aliphatic heterocycles. The third-order valence-electron chi connectivity index (χ3n) is 2.41. The van der Waals surface area contributed by atoms with E-state index >= 15 is 0 Å². The van der Waals surface area contributed by atoms with E-state index in [1.807, 2.05) is 36.9 Å². The first-order valence-corrected chi connectivity index (χ1v) is 7.80. The minimum Gasteiger partial charge on any atom is -0.469 e. The number of ether oxygens (including phenoxy) is 1. The average molecular weight is 224 g/mol. The van der Waals surface area contributed by atoms with Crippen molar-refractivity contribution in [2.45, 2.75) is 13.5 Å². The van der Waals surface area contributed by atoms with Crippen LogP contribution in [0, 0.1) is 0 Å². The molecule has 0 bridgehead atoms. The lowest BCUT2D eigenvalue weighted by molar-refractivity contribution is -0.139. The van der Waals surface area contributed by atoms with Crippen molar-refractivity contribution in [3.05, 3.63) is 30.3 Å². The van der Waals surface area contributed by atoms with Crippen LogP contribution in [0.25, 0.3) is 0 Å². The summed E-state index contributed by atoms with van der Waals surface area (Å²) in [6.45, 7) is 3.39. The molecule has 0 spiro atoms. The summed E-state index contributed by atoms with van der Waals surface area (Å²) in [6, 6.07) is 9.76.